The molecule has 0 radical (unpaired) electrons. The Morgan fingerprint density at radius 1 is 1.19 bits per heavy atom. The highest BCUT2D eigenvalue weighted by Crippen LogP contribution is 2.34. The van der Waals surface area contributed by atoms with E-state index in [-0.39, 0.29) is 0 Å². The predicted molar refractivity (Wildman–Crippen MR) is 95.9 cm³/mol. The van der Waals surface area contributed by atoms with E-state index in [0.29, 0.717) is 6.04 Å². The fourth-order valence-corrected chi connectivity index (χ4v) is 4.86. The number of benzene rings is 1. The second-order valence-electron chi connectivity index (χ2n) is 5.14. The van der Waals surface area contributed by atoms with Crippen LogP contribution in [0.2, 0.25) is 5.02 Å². The zero-order chi connectivity index (χ0) is 14.7. The van der Waals surface area contributed by atoms with E-state index in [2.05, 4.69) is 41.9 Å². The maximum absolute atomic E-state index is 6.11. The van der Waals surface area contributed by atoms with Gasteiger partial charge in [-0.05, 0) is 54.6 Å². The normalized spacial score (nSPS) is 12.9. The van der Waals surface area contributed by atoms with Gasteiger partial charge in [-0.3, -0.25) is 0 Å². The Bertz CT molecular complexity index is 688. The second kappa shape index (κ2) is 6.93. The second-order valence-corrected chi connectivity index (χ2v) is 7.64. The number of rotatable bonds is 6. The van der Waals surface area contributed by atoms with Gasteiger partial charge in [-0.15, -0.1) is 22.7 Å². The van der Waals surface area contributed by atoms with Crippen LogP contribution < -0.4 is 5.32 Å². The van der Waals surface area contributed by atoms with Crippen LogP contribution in [0.4, 0.5) is 0 Å². The number of thiophene rings is 2. The van der Waals surface area contributed by atoms with Crippen molar-refractivity contribution in [2.75, 3.05) is 6.54 Å². The van der Waals surface area contributed by atoms with Crippen molar-refractivity contribution in [3.8, 4) is 0 Å². The molecule has 3 aromatic rings. The van der Waals surface area contributed by atoms with E-state index in [9.17, 15) is 0 Å². The highest BCUT2D eigenvalue weighted by atomic mass is 35.5. The molecule has 0 saturated carbocycles. The Morgan fingerprint density at radius 2 is 2.10 bits per heavy atom. The first-order valence-electron chi connectivity index (χ1n) is 7.21. The van der Waals surface area contributed by atoms with E-state index in [1.165, 1.54) is 19.8 Å². The van der Waals surface area contributed by atoms with Crippen LogP contribution in [-0.2, 0) is 6.42 Å². The van der Waals surface area contributed by atoms with E-state index < -0.39 is 0 Å². The van der Waals surface area contributed by atoms with E-state index >= 15 is 0 Å². The van der Waals surface area contributed by atoms with Gasteiger partial charge in [0, 0.05) is 25.3 Å². The molecule has 1 nitrogen and oxygen atoms in total. The van der Waals surface area contributed by atoms with E-state index in [4.69, 9.17) is 11.6 Å². The fourth-order valence-electron chi connectivity index (χ4n) is 2.45. The Kier molecular flexibility index (Phi) is 4.96. The molecule has 21 heavy (non-hydrogen) atoms. The van der Waals surface area contributed by atoms with Crippen LogP contribution in [0.15, 0.2) is 41.8 Å². The Labute approximate surface area is 138 Å². The molecular formula is C17H18ClNS2. The average Bonchev–Trinajstić information content (AvgIpc) is 3.04. The zero-order valence-corrected chi connectivity index (χ0v) is 14.3. The van der Waals surface area contributed by atoms with Gasteiger partial charge in [0.1, 0.15) is 0 Å². The number of nitrogens with one attached hydrogen (secondary N) is 1. The lowest BCUT2D eigenvalue weighted by atomic mass is 10.0. The molecular weight excluding hydrogens is 318 g/mol. The van der Waals surface area contributed by atoms with E-state index in [1.54, 1.807) is 0 Å². The summed E-state index contributed by atoms with van der Waals surface area (Å²) in [5, 5.41) is 6.65. The van der Waals surface area contributed by atoms with Gasteiger partial charge in [-0.25, -0.2) is 0 Å². The number of halogens is 1. The van der Waals surface area contributed by atoms with Gasteiger partial charge < -0.3 is 5.32 Å². The zero-order valence-electron chi connectivity index (χ0n) is 11.9. The van der Waals surface area contributed by atoms with Crippen LogP contribution in [0.5, 0.6) is 0 Å². The lowest BCUT2D eigenvalue weighted by Gasteiger charge is -2.17. The van der Waals surface area contributed by atoms with Gasteiger partial charge in [0.15, 0.2) is 0 Å². The van der Waals surface area contributed by atoms with Crippen molar-refractivity contribution in [3.63, 3.8) is 0 Å². The van der Waals surface area contributed by atoms with Crippen molar-refractivity contribution in [2.45, 2.75) is 25.8 Å². The topological polar surface area (TPSA) is 12.0 Å². The smallest absolute Gasteiger partial charge is 0.0456 e. The van der Waals surface area contributed by atoms with Crippen molar-refractivity contribution in [3.05, 3.63) is 57.2 Å². The number of hydrogen-bond donors (Lipinski definition) is 1. The van der Waals surface area contributed by atoms with Crippen LogP contribution in [0.1, 0.15) is 29.8 Å². The maximum Gasteiger partial charge on any atom is 0.0456 e. The van der Waals surface area contributed by atoms with Crippen LogP contribution in [-0.4, -0.2) is 6.54 Å². The summed E-state index contributed by atoms with van der Waals surface area (Å²) in [4.78, 5) is 1.42. The van der Waals surface area contributed by atoms with E-state index in [1.807, 2.05) is 34.8 Å². The fraction of sp³-hybridized carbons (Fsp3) is 0.294. The highest BCUT2D eigenvalue weighted by Gasteiger charge is 2.15. The first-order chi connectivity index (χ1) is 10.3. The molecule has 0 aliphatic heterocycles. The third kappa shape index (κ3) is 3.67. The summed E-state index contributed by atoms with van der Waals surface area (Å²) in [7, 11) is 0. The highest BCUT2D eigenvalue weighted by molar-refractivity contribution is 7.26. The molecule has 1 N–H and O–H groups in total. The Balaban J connectivity index is 1.84. The monoisotopic (exact) mass is 335 g/mol. The van der Waals surface area contributed by atoms with Crippen LogP contribution in [0.3, 0.4) is 0 Å². The molecule has 0 saturated heterocycles. The van der Waals surface area contributed by atoms with E-state index in [0.717, 1.165) is 24.4 Å². The summed E-state index contributed by atoms with van der Waals surface area (Å²) < 4.78 is 2.79. The molecule has 0 aliphatic carbocycles. The molecule has 1 unspecified atom stereocenters. The van der Waals surface area contributed by atoms with Gasteiger partial charge in [0.05, 0.1) is 0 Å². The van der Waals surface area contributed by atoms with Gasteiger partial charge in [0.2, 0.25) is 0 Å². The van der Waals surface area contributed by atoms with Gasteiger partial charge >= 0.3 is 0 Å². The standard InChI is InChI=1S/C17H18ClNS2/c1-2-7-19-14(10-12-4-3-5-13(18)9-12)16-11-17-15(21-16)6-8-20-17/h3-6,8-9,11,14,19H,2,7,10H2,1H3. The maximum atomic E-state index is 6.11. The molecule has 4 heteroatoms. The number of fused-ring (bicyclic) bond motifs is 1. The minimum absolute atomic E-state index is 0.369. The lowest BCUT2D eigenvalue weighted by molar-refractivity contribution is 0.537. The average molecular weight is 336 g/mol. The minimum atomic E-state index is 0.369. The molecule has 0 spiro atoms. The van der Waals surface area contributed by atoms with Crippen LogP contribution in [0.25, 0.3) is 9.40 Å². The van der Waals surface area contributed by atoms with Crippen molar-refractivity contribution in [1.29, 1.82) is 0 Å². The molecule has 0 fully saturated rings. The molecule has 3 rings (SSSR count). The SMILES string of the molecule is CCCNC(Cc1cccc(Cl)c1)c1cc2sccc2s1. The summed E-state index contributed by atoms with van der Waals surface area (Å²) in [6.45, 7) is 3.24. The van der Waals surface area contributed by atoms with Gasteiger partial charge in [-0.1, -0.05) is 30.7 Å². The molecule has 0 aliphatic rings. The molecule has 1 aromatic carbocycles. The first-order valence-corrected chi connectivity index (χ1v) is 9.28. The minimum Gasteiger partial charge on any atom is -0.309 e. The summed E-state index contributed by atoms with van der Waals surface area (Å²) in [5.74, 6) is 0. The van der Waals surface area contributed by atoms with Crippen molar-refractivity contribution >= 4 is 43.7 Å². The van der Waals surface area contributed by atoms with Gasteiger partial charge in [0.25, 0.3) is 0 Å². The quantitative estimate of drug-likeness (QED) is 0.591. The number of hydrogen-bond acceptors (Lipinski definition) is 3. The third-order valence-corrected chi connectivity index (χ3v) is 5.91. The van der Waals surface area contributed by atoms with Crippen LogP contribution in [0, 0.1) is 0 Å². The van der Waals surface area contributed by atoms with Crippen molar-refractivity contribution in [2.24, 2.45) is 0 Å². The largest absolute Gasteiger partial charge is 0.309 e. The molecule has 2 heterocycles. The summed E-state index contributed by atoms with van der Waals surface area (Å²) in [6, 6.07) is 13.1. The summed E-state index contributed by atoms with van der Waals surface area (Å²) >= 11 is 9.83. The predicted octanol–water partition coefficient (Wildman–Crippen LogP) is 5.90. The molecule has 0 amide bonds. The molecule has 110 valence electrons. The van der Waals surface area contributed by atoms with Crippen molar-refractivity contribution in [1.82, 2.24) is 5.32 Å². The molecule has 0 bridgehead atoms. The lowest BCUT2D eigenvalue weighted by Crippen LogP contribution is -2.23. The Morgan fingerprint density at radius 3 is 2.86 bits per heavy atom. The summed E-state index contributed by atoms with van der Waals surface area (Å²) in [6.07, 6.45) is 2.13. The van der Waals surface area contributed by atoms with Crippen molar-refractivity contribution < 1.29 is 0 Å². The molecule has 2 aromatic heterocycles. The third-order valence-electron chi connectivity index (χ3n) is 3.47. The Hall–Kier alpha value is -0.870. The van der Waals surface area contributed by atoms with Gasteiger partial charge in [-0.2, -0.15) is 0 Å². The van der Waals surface area contributed by atoms with Crippen LogP contribution >= 0.6 is 34.3 Å². The first kappa shape index (κ1) is 15.0. The summed E-state index contributed by atoms with van der Waals surface area (Å²) in [5.41, 5.74) is 1.29. The molecule has 1 atom stereocenters.